The molecule has 1 heterocycles. The Bertz CT molecular complexity index is 1360. The number of hydrogen-bond donors (Lipinski definition) is 2. The number of likely N-dealkylation sites (N-methyl/N-ethyl adjacent to an activating group) is 1. The third-order valence-corrected chi connectivity index (χ3v) is 6.99. The molecule has 1 atom stereocenters. The van der Waals surface area contributed by atoms with Crippen LogP contribution in [0.4, 0.5) is 47.8 Å². The van der Waals surface area contributed by atoms with Gasteiger partial charge in [-0.15, -0.1) is 13.2 Å². The number of carbonyl (C=O) groups is 3. The maximum absolute atomic E-state index is 14.2. The molecule has 4 rings (SSSR count). The van der Waals surface area contributed by atoms with Crippen molar-refractivity contribution in [3.63, 3.8) is 0 Å². The first kappa shape index (κ1) is 29.9. The standard InChI is InChI=1S/C26H25F7N4O4/c1-23(2,35-22(40)24(10-11-24)25(28,29)30)21(39)34-17-13-37(15-5-7-16(8-6-15)41-26(31,32)33)18-9-4-14(27)12-19(18)36(3)20(17)38/h4-9,12,17H,10-11,13H2,1-3H3,(H,34,39)(H,35,40)/t17-/m1/s1. The summed E-state index contributed by atoms with van der Waals surface area (Å²) in [6.07, 6.45) is -10.6. The van der Waals surface area contributed by atoms with Crippen molar-refractivity contribution in [2.45, 2.75) is 50.8 Å². The lowest BCUT2D eigenvalue weighted by Crippen LogP contribution is -2.62. The molecule has 2 N–H and O–H groups in total. The largest absolute Gasteiger partial charge is 0.573 e. The van der Waals surface area contributed by atoms with Crippen molar-refractivity contribution in [1.29, 1.82) is 0 Å². The molecule has 1 fully saturated rings. The van der Waals surface area contributed by atoms with Gasteiger partial charge in [0.1, 0.15) is 28.6 Å². The van der Waals surface area contributed by atoms with Crippen molar-refractivity contribution >= 4 is 34.8 Å². The van der Waals surface area contributed by atoms with E-state index >= 15 is 0 Å². The van der Waals surface area contributed by atoms with Crippen LogP contribution in [0.2, 0.25) is 0 Å². The van der Waals surface area contributed by atoms with Crippen LogP contribution >= 0.6 is 0 Å². The van der Waals surface area contributed by atoms with Crippen molar-refractivity contribution in [2.24, 2.45) is 5.41 Å². The Kier molecular flexibility index (Phi) is 7.37. The zero-order valence-corrected chi connectivity index (χ0v) is 21.9. The molecular weight excluding hydrogens is 565 g/mol. The fourth-order valence-electron chi connectivity index (χ4n) is 4.45. The molecule has 0 unspecified atom stereocenters. The summed E-state index contributed by atoms with van der Waals surface area (Å²) in [5.41, 5.74) is -3.84. The Hall–Kier alpha value is -4.04. The highest BCUT2D eigenvalue weighted by atomic mass is 19.4. The summed E-state index contributed by atoms with van der Waals surface area (Å²) in [7, 11) is 1.32. The van der Waals surface area contributed by atoms with Crippen LogP contribution in [-0.2, 0) is 14.4 Å². The molecule has 1 saturated carbocycles. The number of amides is 3. The predicted octanol–water partition coefficient (Wildman–Crippen LogP) is 4.56. The summed E-state index contributed by atoms with van der Waals surface area (Å²) in [4.78, 5) is 41.6. The van der Waals surface area contributed by atoms with E-state index in [1.807, 2.05) is 0 Å². The molecule has 0 bridgehead atoms. The SMILES string of the molecule is CN1C(=O)[C@H](NC(=O)C(C)(C)NC(=O)C2(C(F)(F)F)CC2)CN(c2ccc(OC(F)(F)F)cc2)c2ccc(F)cc21. The van der Waals surface area contributed by atoms with E-state index in [-0.39, 0.29) is 23.6 Å². The topological polar surface area (TPSA) is 91.0 Å². The van der Waals surface area contributed by atoms with Gasteiger partial charge >= 0.3 is 12.5 Å². The molecular formula is C26H25F7N4O4. The number of ether oxygens (including phenoxy) is 1. The summed E-state index contributed by atoms with van der Waals surface area (Å²) in [5, 5.41) is 4.58. The Morgan fingerprint density at radius 1 is 0.976 bits per heavy atom. The van der Waals surface area contributed by atoms with Gasteiger partial charge in [-0.05, 0) is 69.2 Å². The summed E-state index contributed by atoms with van der Waals surface area (Å²) >= 11 is 0. The van der Waals surface area contributed by atoms with E-state index in [0.29, 0.717) is 0 Å². The highest BCUT2D eigenvalue weighted by Gasteiger charge is 2.69. The van der Waals surface area contributed by atoms with Crippen LogP contribution in [0.15, 0.2) is 42.5 Å². The van der Waals surface area contributed by atoms with Crippen LogP contribution in [0.25, 0.3) is 0 Å². The molecule has 41 heavy (non-hydrogen) atoms. The number of benzene rings is 2. The maximum Gasteiger partial charge on any atom is 0.573 e. The van der Waals surface area contributed by atoms with E-state index in [9.17, 15) is 45.1 Å². The number of anilines is 3. The van der Waals surface area contributed by atoms with Crippen LogP contribution in [0.1, 0.15) is 26.7 Å². The third-order valence-electron chi connectivity index (χ3n) is 6.99. The van der Waals surface area contributed by atoms with E-state index in [4.69, 9.17) is 0 Å². The zero-order chi connectivity index (χ0) is 30.5. The van der Waals surface area contributed by atoms with E-state index < -0.39 is 71.7 Å². The van der Waals surface area contributed by atoms with Crippen LogP contribution in [-0.4, -0.2) is 55.4 Å². The molecule has 2 aromatic carbocycles. The monoisotopic (exact) mass is 590 g/mol. The summed E-state index contributed by atoms with van der Waals surface area (Å²) in [6.45, 7) is 2.06. The van der Waals surface area contributed by atoms with Crippen molar-refractivity contribution in [3.8, 4) is 5.75 Å². The maximum atomic E-state index is 14.2. The summed E-state index contributed by atoms with van der Waals surface area (Å²) < 4.78 is 96.1. The van der Waals surface area contributed by atoms with E-state index in [2.05, 4.69) is 15.4 Å². The van der Waals surface area contributed by atoms with Crippen molar-refractivity contribution in [1.82, 2.24) is 10.6 Å². The van der Waals surface area contributed by atoms with Gasteiger partial charge in [-0.3, -0.25) is 14.4 Å². The smallest absolute Gasteiger partial charge is 0.406 e. The number of hydrogen-bond acceptors (Lipinski definition) is 5. The molecule has 222 valence electrons. The fraction of sp³-hybridized carbons (Fsp3) is 0.423. The first-order valence-corrected chi connectivity index (χ1v) is 12.3. The van der Waals surface area contributed by atoms with Crippen LogP contribution in [0, 0.1) is 11.2 Å². The van der Waals surface area contributed by atoms with Crippen molar-refractivity contribution in [3.05, 3.63) is 48.3 Å². The van der Waals surface area contributed by atoms with Gasteiger partial charge in [0, 0.05) is 12.7 Å². The number of fused-ring (bicyclic) bond motifs is 1. The van der Waals surface area contributed by atoms with Gasteiger partial charge in [0.05, 0.1) is 17.9 Å². The minimum absolute atomic E-state index is 0.0794. The average Bonchev–Trinajstić information content (AvgIpc) is 3.68. The Morgan fingerprint density at radius 2 is 1.59 bits per heavy atom. The van der Waals surface area contributed by atoms with Crippen molar-refractivity contribution < 1.29 is 49.9 Å². The second-order valence-electron chi connectivity index (χ2n) is 10.4. The molecule has 0 spiro atoms. The number of halogens is 7. The van der Waals surface area contributed by atoms with Gasteiger partial charge in [-0.2, -0.15) is 13.2 Å². The summed E-state index contributed by atoms with van der Waals surface area (Å²) in [5.74, 6) is -4.26. The molecule has 3 amide bonds. The second kappa shape index (κ2) is 10.1. The zero-order valence-electron chi connectivity index (χ0n) is 21.9. The van der Waals surface area contributed by atoms with Gasteiger partial charge in [-0.25, -0.2) is 4.39 Å². The van der Waals surface area contributed by atoms with Crippen LogP contribution in [0.5, 0.6) is 5.75 Å². The molecule has 0 radical (unpaired) electrons. The number of alkyl halides is 6. The lowest BCUT2D eigenvalue weighted by atomic mass is 9.99. The number of carbonyl (C=O) groups excluding carboxylic acids is 3. The molecule has 0 saturated heterocycles. The molecule has 1 aliphatic carbocycles. The lowest BCUT2D eigenvalue weighted by Gasteiger charge is -2.31. The van der Waals surface area contributed by atoms with E-state index in [1.54, 1.807) is 0 Å². The van der Waals surface area contributed by atoms with E-state index in [0.717, 1.165) is 29.2 Å². The molecule has 2 aromatic rings. The number of nitrogens with zero attached hydrogens (tertiary/aromatic N) is 2. The fourth-order valence-corrected chi connectivity index (χ4v) is 4.45. The average molecular weight is 590 g/mol. The van der Waals surface area contributed by atoms with Crippen LogP contribution < -0.4 is 25.2 Å². The molecule has 1 aliphatic heterocycles. The van der Waals surface area contributed by atoms with E-state index in [1.165, 1.54) is 44.0 Å². The molecule has 15 heteroatoms. The molecule has 0 aromatic heterocycles. The molecule has 2 aliphatic rings. The van der Waals surface area contributed by atoms with Crippen LogP contribution in [0.3, 0.4) is 0 Å². The number of nitrogens with one attached hydrogen (secondary N) is 2. The Labute approximate surface area is 229 Å². The lowest BCUT2D eigenvalue weighted by molar-refractivity contribution is -0.274. The van der Waals surface area contributed by atoms with Gasteiger partial charge in [-0.1, -0.05) is 0 Å². The molecule has 8 nitrogen and oxygen atoms in total. The van der Waals surface area contributed by atoms with Gasteiger partial charge in [0.2, 0.25) is 11.8 Å². The highest BCUT2D eigenvalue weighted by molar-refractivity contribution is 6.05. The van der Waals surface area contributed by atoms with Gasteiger partial charge in [0.25, 0.3) is 5.91 Å². The Morgan fingerprint density at radius 3 is 2.12 bits per heavy atom. The van der Waals surface area contributed by atoms with Gasteiger partial charge < -0.3 is 25.2 Å². The number of rotatable bonds is 6. The highest BCUT2D eigenvalue weighted by Crippen LogP contribution is 2.57. The first-order valence-electron chi connectivity index (χ1n) is 12.3. The predicted molar refractivity (Wildman–Crippen MR) is 132 cm³/mol. The quantitative estimate of drug-likeness (QED) is 0.482. The van der Waals surface area contributed by atoms with Crippen molar-refractivity contribution in [2.75, 3.05) is 23.4 Å². The normalized spacial score (nSPS) is 18.8. The van der Waals surface area contributed by atoms with Gasteiger partial charge in [0.15, 0.2) is 0 Å². The minimum atomic E-state index is -4.93. The Balaban J connectivity index is 1.62. The third kappa shape index (κ3) is 6.03. The minimum Gasteiger partial charge on any atom is -0.406 e. The second-order valence-corrected chi connectivity index (χ2v) is 10.4. The summed E-state index contributed by atoms with van der Waals surface area (Å²) in [6, 6.07) is 6.72. The first-order chi connectivity index (χ1) is 18.8.